The van der Waals surface area contributed by atoms with Gasteiger partial charge in [-0.15, -0.1) is 35.3 Å². The van der Waals surface area contributed by atoms with Crippen molar-refractivity contribution in [1.82, 2.24) is 15.5 Å². The van der Waals surface area contributed by atoms with Gasteiger partial charge in [-0.05, 0) is 34.7 Å². The van der Waals surface area contributed by atoms with Gasteiger partial charge in [0.25, 0.3) is 0 Å². The standard InChI is InChI=1S/C22H26N4OS.HI/c1-16(19-12-6-9-17-8-4-5-11-20(17)19)25-22(24-15-21(27)26(2)3)23-14-18-10-7-13-28-18;/h4-13,16H,14-15H2,1-3H3,(H2,23,24,25);1H. The molecule has 0 spiro atoms. The molecule has 3 aromatic rings. The molecule has 2 aromatic carbocycles. The van der Waals surface area contributed by atoms with E-state index in [0.29, 0.717) is 12.5 Å². The highest BCUT2D eigenvalue weighted by Gasteiger charge is 2.12. The van der Waals surface area contributed by atoms with Crippen LogP contribution < -0.4 is 10.6 Å². The van der Waals surface area contributed by atoms with Gasteiger partial charge in [0.15, 0.2) is 5.96 Å². The number of amides is 1. The number of hydrogen-bond donors (Lipinski definition) is 2. The van der Waals surface area contributed by atoms with Gasteiger partial charge in [0.05, 0.1) is 12.6 Å². The largest absolute Gasteiger partial charge is 0.351 e. The Bertz CT molecular complexity index is 951. The van der Waals surface area contributed by atoms with E-state index in [4.69, 9.17) is 0 Å². The van der Waals surface area contributed by atoms with E-state index in [2.05, 4.69) is 70.4 Å². The fourth-order valence-corrected chi connectivity index (χ4v) is 3.58. The van der Waals surface area contributed by atoms with E-state index in [9.17, 15) is 4.79 Å². The number of hydrogen-bond acceptors (Lipinski definition) is 3. The molecule has 1 aromatic heterocycles. The van der Waals surface area contributed by atoms with Crippen molar-refractivity contribution in [3.8, 4) is 0 Å². The molecule has 1 amide bonds. The number of guanidine groups is 1. The van der Waals surface area contributed by atoms with Crippen LogP contribution in [0.5, 0.6) is 0 Å². The maximum atomic E-state index is 12.0. The monoisotopic (exact) mass is 522 g/mol. The summed E-state index contributed by atoms with van der Waals surface area (Å²) in [6.45, 7) is 2.88. The van der Waals surface area contributed by atoms with Crippen LogP contribution in [0.1, 0.15) is 23.4 Å². The number of carbonyl (C=O) groups is 1. The molecule has 0 radical (unpaired) electrons. The zero-order valence-corrected chi connectivity index (χ0v) is 20.0. The van der Waals surface area contributed by atoms with E-state index < -0.39 is 0 Å². The predicted octanol–water partition coefficient (Wildman–Crippen LogP) is 4.40. The second-order valence-corrected chi connectivity index (χ2v) is 7.85. The zero-order chi connectivity index (χ0) is 19.9. The van der Waals surface area contributed by atoms with E-state index in [0.717, 1.165) is 0 Å². The first kappa shape index (κ1) is 23.2. The molecule has 0 fully saturated rings. The number of nitrogens with one attached hydrogen (secondary N) is 2. The summed E-state index contributed by atoms with van der Waals surface area (Å²) in [4.78, 5) is 19.2. The summed E-state index contributed by atoms with van der Waals surface area (Å²) in [7, 11) is 3.48. The number of fused-ring (bicyclic) bond motifs is 1. The molecule has 3 rings (SSSR count). The number of likely N-dealkylation sites (N-methyl/N-ethyl adjacent to an activating group) is 1. The van der Waals surface area contributed by atoms with Gasteiger partial charge in [0.2, 0.25) is 5.91 Å². The van der Waals surface area contributed by atoms with Gasteiger partial charge in [-0.3, -0.25) is 4.79 Å². The third-order valence-corrected chi connectivity index (χ3v) is 5.40. The molecule has 0 aliphatic carbocycles. The Morgan fingerprint density at radius 3 is 2.59 bits per heavy atom. The zero-order valence-electron chi connectivity index (χ0n) is 16.9. The number of carbonyl (C=O) groups excluding carboxylic acids is 1. The van der Waals surface area contributed by atoms with Crippen molar-refractivity contribution in [2.75, 3.05) is 20.6 Å². The highest BCUT2D eigenvalue weighted by atomic mass is 127. The van der Waals surface area contributed by atoms with Gasteiger partial charge < -0.3 is 15.5 Å². The molecular weight excluding hydrogens is 495 g/mol. The molecule has 5 nitrogen and oxygen atoms in total. The Labute approximate surface area is 193 Å². The van der Waals surface area contributed by atoms with Gasteiger partial charge in [-0.25, -0.2) is 4.99 Å². The molecule has 154 valence electrons. The molecule has 0 saturated heterocycles. The highest BCUT2D eigenvalue weighted by molar-refractivity contribution is 14.0. The molecule has 1 heterocycles. The fourth-order valence-electron chi connectivity index (χ4n) is 2.94. The Balaban J connectivity index is 0.00000300. The van der Waals surface area contributed by atoms with Crippen LogP contribution in [0.2, 0.25) is 0 Å². The van der Waals surface area contributed by atoms with E-state index >= 15 is 0 Å². The van der Waals surface area contributed by atoms with Crippen molar-refractivity contribution >= 4 is 58.0 Å². The van der Waals surface area contributed by atoms with Crippen molar-refractivity contribution in [3.05, 3.63) is 70.4 Å². The van der Waals surface area contributed by atoms with Gasteiger partial charge in [-0.2, -0.15) is 0 Å². The number of aliphatic imine (C=N–C) groups is 1. The summed E-state index contributed by atoms with van der Waals surface area (Å²) in [5.74, 6) is 0.596. The average Bonchev–Trinajstić information content (AvgIpc) is 3.22. The lowest BCUT2D eigenvalue weighted by atomic mass is 10.00. The predicted molar refractivity (Wildman–Crippen MR) is 133 cm³/mol. The van der Waals surface area contributed by atoms with Crippen LogP contribution in [0.3, 0.4) is 0 Å². The molecule has 1 atom stereocenters. The SMILES string of the molecule is CC(NC(=NCC(=O)N(C)C)NCc1cccs1)c1cccc2ccccc12.I. The normalized spacial score (nSPS) is 12.2. The van der Waals surface area contributed by atoms with Crippen LogP contribution in [0.15, 0.2) is 65.0 Å². The Hall–Kier alpha value is -2.13. The molecule has 7 heteroatoms. The van der Waals surface area contributed by atoms with Crippen LogP contribution in [-0.4, -0.2) is 37.4 Å². The van der Waals surface area contributed by atoms with Gasteiger partial charge in [0, 0.05) is 19.0 Å². The van der Waals surface area contributed by atoms with Crippen molar-refractivity contribution in [3.63, 3.8) is 0 Å². The first-order chi connectivity index (χ1) is 13.5. The average molecular weight is 522 g/mol. The van der Waals surface area contributed by atoms with E-state index in [1.165, 1.54) is 21.2 Å². The fraction of sp³-hybridized carbons (Fsp3) is 0.273. The Kier molecular flexibility index (Phi) is 8.91. The molecule has 0 bridgehead atoms. The van der Waals surface area contributed by atoms with Crippen LogP contribution >= 0.6 is 35.3 Å². The Morgan fingerprint density at radius 2 is 1.86 bits per heavy atom. The minimum atomic E-state index is -0.0324. The second kappa shape index (κ2) is 11.2. The van der Waals surface area contributed by atoms with Crippen LogP contribution in [0, 0.1) is 0 Å². The van der Waals surface area contributed by atoms with E-state index in [-0.39, 0.29) is 42.5 Å². The van der Waals surface area contributed by atoms with Gasteiger partial charge in [-0.1, -0.05) is 48.5 Å². The van der Waals surface area contributed by atoms with Crippen molar-refractivity contribution in [2.24, 2.45) is 4.99 Å². The summed E-state index contributed by atoms with van der Waals surface area (Å²) in [6, 6.07) is 18.8. The van der Waals surface area contributed by atoms with Crippen LogP contribution in [0.4, 0.5) is 0 Å². The number of rotatable bonds is 6. The lowest BCUT2D eigenvalue weighted by Gasteiger charge is -2.20. The summed E-state index contributed by atoms with van der Waals surface area (Å²) >= 11 is 1.69. The lowest BCUT2D eigenvalue weighted by molar-refractivity contribution is -0.127. The first-order valence-corrected chi connectivity index (χ1v) is 10.2. The molecule has 0 aliphatic heterocycles. The minimum Gasteiger partial charge on any atom is -0.351 e. The summed E-state index contributed by atoms with van der Waals surface area (Å²) in [5.41, 5.74) is 1.20. The van der Waals surface area contributed by atoms with E-state index in [1.54, 1.807) is 30.3 Å². The van der Waals surface area contributed by atoms with Crippen molar-refractivity contribution in [1.29, 1.82) is 0 Å². The number of thiophene rings is 1. The van der Waals surface area contributed by atoms with Crippen LogP contribution in [-0.2, 0) is 11.3 Å². The quantitative estimate of drug-likeness (QED) is 0.287. The molecular formula is C22H27IN4OS. The number of nitrogens with zero attached hydrogens (tertiary/aromatic N) is 2. The highest BCUT2D eigenvalue weighted by Crippen LogP contribution is 2.24. The second-order valence-electron chi connectivity index (χ2n) is 6.82. The maximum Gasteiger partial charge on any atom is 0.243 e. The summed E-state index contributed by atoms with van der Waals surface area (Å²) < 4.78 is 0. The molecule has 2 N–H and O–H groups in total. The molecule has 0 aliphatic rings. The topological polar surface area (TPSA) is 56.7 Å². The third-order valence-electron chi connectivity index (χ3n) is 4.52. The summed E-state index contributed by atoms with van der Waals surface area (Å²) in [5, 5.41) is 11.3. The first-order valence-electron chi connectivity index (χ1n) is 9.29. The molecule has 29 heavy (non-hydrogen) atoms. The van der Waals surface area contributed by atoms with Gasteiger partial charge >= 0.3 is 0 Å². The maximum absolute atomic E-state index is 12.0. The lowest BCUT2D eigenvalue weighted by Crippen LogP contribution is -2.39. The Morgan fingerprint density at radius 1 is 1.10 bits per heavy atom. The molecule has 0 saturated carbocycles. The number of halogens is 1. The van der Waals surface area contributed by atoms with E-state index in [1.807, 2.05) is 12.1 Å². The number of benzene rings is 2. The summed E-state index contributed by atoms with van der Waals surface area (Å²) in [6.07, 6.45) is 0. The van der Waals surface area contributed by atoms with Gasteiger partial charge in [0.1, 0.15) is 6.54 Å². The van der Waals surface area contributed by atoms with Crippen molar-refractivity contribution in [2.45, 2.75) is 19.5 Å². The molecule has 1 unspecified atom stereocenters. The third kappa shape index (κ3) is 6.43. The smallest absolute Gasteiger partial charge is 0.243 e. The van der Waals surface area contributed by atoms with Crippen LogP contribution in [0.25, 0.3) is 10.8 Å². The van der Waals surface area contributed by atoms with Crippen molar-refractivity contribution < 1.29 is 4.79 Å². The minimum absolute atomic E-state index is 0.